The first-order valence-corrected chi connectivity index (χ1v) is 14.3. The summed E-state index contributed by atoms with van der Waals surface area (Å²) in [5, 5.41) is 10.2. The second-order valence-electron chi connectivity index (χ2n) is 10.2. The first kappa shape index (κ1) is 35.8. The Morgan fingerprint density at radius 3 is 2.05 bits per heavy atom. The van der Waals surface area contributed by atoms with Gasteiger partial charge in [-0.2, -0.15) is 0 Å². The van der Waals surface area contributed by atoms with Crippen molar-refractivity contribution in [2.24, 2.45) is 5.92 Å². The normalized spacial score (nSPS) is 13.4. The van der Waals surface area contributed by atoms with Gasteiger partial charge in [0.1, 0.15) is 12.6 Å². The Hall–Kier alpha value is -4.37. The summed E-state index contributed by atoms with van der Waals surface area (Å²) in [5.41, 5.74) is 1.24. The Kier molecular flexibility index (Phi) is 15.5. The molecular weight excluding hydrogens is 578 g/mol. The molecule has 0 saturated carbocycles. The minimum Gasteiger partial charge on any atom is -0.461 e. The number of hydrogen-bond acceptors (Lipinski definition) is 10. The predicted molar refractivity (Wildman–Crippen MR) is 156 cm³/mol. The van der Waals surface area contributed by atoms with Crippen LogP contribution in [0.2, 0.25) is 0 Å². The summed E-state index contributed by atoms with van der Waals surface area (Å²) < 4.78 is 15.6. The number of carbonyl (C=O) groups is 7. The molecule has 1 saturated heterocycles. The van der Waals surface area contributed by atoms with E-state index in [4.69, 9.17) is 14.2 Å². The molecule has 1 heterocycles. The summed E-state index contributed by atoms with van der Waals surface area (Å²) in [6, 6.07) is 5.72. The second-order valence-corrected chi connectivity index (χ2v) is 10.2. The van der Waals surface area contributed by atoms with Gasteiger partial charge >= 0.3 is 5.97 Å². The van der Waals surface area contributed by atoms with Gasteiger partial charge in [-0.25, -0.2) is 0 Å². The Morgan fingerprint density at radius 1 is 0.818 bits per heavy atom. The van der Waals surface area contributed by atoms with Crippen molar-refractivity contribution in [2.45, 2.75) is 52.7 Å². The molecule has 1 unspecified atom stereocenters. The highest BCUT2D eigenvalue weighted by molar-refractivity contribution is 6.02. The van der Waals surface area contributed by atoms with Crippen molar-refractivity contribution in [3.05, 3.63) is 29.8 Å². The standard InChI is InChI=1S/C29H41N5O10/c1-19(2)28(29(41)31-17-24(37)32-22-6-4-21(5-7-22)18-44-20(3)35)33-25(38)16-30-23(36)10-12-42-14-15-43-13-11-34-26(39)8-9-27(34)40/h4-7,19,28H,8-18H2,1-3H3,(H,30,36)(H,31,41)(H,32,37)(H,33,38). The first-order chi connectivity index (χ1) is 21.0. The molecule has 1 aromatic rings. The topological polar surface area (TPSA) is 199 Å². The Bertz CT molecular complexity index is 1160. The molecule has 1 aromatic carbocycles. The Labute approximate surface area is 255 Å². The van der Waals surface area contributed by atoms with Gasteiger partial charge in [0.15, 0.2) is 0 Å². The third-order valence-electron chi connectivity index (χ3n) is 6.27. The van der Waals surface area contributed by atoms with E-state index in [9.17, 15) is 33.6 Å². The second kappa shape index (κ2) is 19.0. The molecule has 0 aromatic heterocycles. The van der Waals surface area contributed by atoms with Crippen molar-refractivity contribution in [2.75, 3.05) is 51.4 Å². The largest absolute Gasteiger partial charge is 0.461 e. The summed E-state index contributed by atoms with van der Waals surface area (Å²) in [5.74, 6) is -3.12. The van der Waals surface area contributed by atoms with Gasteiger partial charge in [-0.1, -0.05) is 26.0 Å². The molecule has 44 heavy (non-hydrogen) atoms. The third-order valence-corrected chi connectivity index (χ3v) is 6.27. The van der Waals surface area contributed by atoms with Crippen LogP contribution >= 0.6 is 0 Å². The summed E-state index contributed by atoms with van der Waals surface area (Å²) in [6.45, 7) is 5.15. The molecule has 0 spiro atoms. The maximum absolute atomic E-state index is 12.7. The van der Waals surface area contributed by atoms with E-state index in [1.54, 1.807) is 38.1 Å². The summed E-state index contributed by atoms with van der Waals surface area (Å²) in [7, 11) is 0. The van der Waals surface area contributed by atoms with E-state index in [2.05, 4.69) is 21.3 Å². The minimum atomic E-state index is -0.933. The van der Waals surface area contributed by atoms with E-state index in [1.807, 2.05) is 0 Å². The molecule has 15 nitrogen and oxygen atoms in total. The number of likely N-dealkylation sites (tertiary alicyclic amines) is 1. The van der Waals surface area contributed by atoms with Crippen LogP contribution in [0.4, 0.5) is 5.69 Å². The zero-order chi connectivity index (χ0) is 32.5. The van der Waals surface area contributed by atoms with E-state index in [0.29, 0.717) is 5.69 Å². The van der Waals surface area contributed by atoms with Gasteiger partial charge in [0, 0.05) is 31.9 Å². The highest BCUT2D eigenvalue weighted by atomic mass is 16.5. The number of rotatable bonds is 19. The first-order valence-electron chi connectivity index (χ1n) is 14.3. The van der Waals surface area contributed by atoms with Crippen molar-refractivity contribution >= 4 is 47.1 Å². The van der Waals surface area contributed by atoms with Crippen LogP contribution in [0.5, 0.6) is 0 Å². The quantitative estimate of drug-likeness (QED) is 0.0901. The SMILES string of the molecule is CC(=O)OCc1ccc(NC(=O)CNC(=O)C(NC(=O)CNC(=O)CCOCCOCCN2C(=O)CCC2=O)C(C)C)cc1. The van der Waals surface area contributed by atoms with E-state index in [0.717, 1.165) is 5.56 Å². The number of imide groups is 1. The van der Waals surface area contributed by atoms with Crippen molar-refractivity contribution in [3.8, 4) is 0 Å². The molecule has 242 valence electrons. The molecule has 0 bridgehead atoms. The fourth-order valence-corrected chi connectivity index (χ4v) is 3.89. The average molecular weight is 620 g/mol. The minimum absolute atomic E-state index is 0.00217. The number of benzene rings is 1. The van der Waals surface area contributed by atoms with Crippen molar-refractivity contribution in [1.29, 1.82) is 0 Å². The van der Waals surface area contributed by atoms with Crippen LogP contribution in [0.25, 0.3) is 0 Å². The average Bonchev–Trinajstić information content (AvgIpc) is 3.30. The molecular formula is C29H41N5O10. The van der Waals surface area contributed by atoms with Crippen LogP contribution in [0.1, 0.15) is 45.6 Å². The Balaban J connectivity index is 1.59. The monoisotopic (exact) mass is 619 g/mol. The number of nitrogens with one attached hydrogen (secondary N) is 4. The number of ether oxygens (including phenoxy) is 3. The number of carbonyl (C=O) groups excluding carboxylic acids is 7. The highest BCUT2D eigenvalue weighted by Gasteiger charge is 2.28. The molecule has 1 atom stereocenters. The molecule has 4 N–H and O–H groups in total. The van der Waals surface area contributed by atoms with Gasteiger partial charge in [0.05, 0.1) is 46.1 Å². The lowest BCUT2D eigenvalue weighted by Crippen LogP contribution is -2.52. The van der Waals surface area contributed by atoms with Crippen LogP contribution < -0.4 is 21.3 Å². The number of hydrogen-bond donors (Lipinski definition) is 4. The molecule has 6 amide bonds. The van der Waals surface area contributed by atoms with Crippen LogP contribution in [0.15, 0.2) is 24.3 Å². The zero-order valence-corrected chi connectivity index (χ0v) is 25.3. The van der Waals surface area contributed by atoms with Crippen LogP contribution in [-0.2, 0) is 54.4 Å². The van der Waals surface area contributed by atoms with Crippen LogP contribution in [0.3, 0.4) is 0 Å². The fourth-order valence-electron chi connectivity index (χ4n) is 3.89. The van der Waals surface area contributed by atoms with Crippen molar-refractivity contribution in [1.82, 2.24) is 20.9 Å². The number of nitrogens with zero attached hydrogens (tertiary/aromatic N) is 1. The Morgan fingerprint density at radius 2 is 1.43 bits per heavy atom. The smallest absolute Gasteiger partial charge is 0.302 e. The molecule has 0 aliphatic carbocycles. The summed E-state index contributed by atoms with van der Waals surface area (Å²) in [4.78, 5) is 84.5. The number of amides is 6. The molecule has 1 fully saturated rings. The van der Waals surface area contributed by atoms with E-state index in [-0.39, 0.29) is 89.7 Å². The molecule has 15 heteroatoms. The lowest BCUT2D eigenvalue weighted by molar-refractivity contribution is -0.142. The van der Waals surface area contributed by atoms with Gasteiger partial charge < -0.3 is 35.5 Å². The van der Waals surface area contributed by atoms with Crippen molar-refractivity contribution in [3.63, 3.8) is 0 Å². The van der Waals surface area contributed by atoms with Gasteiger partial charge in [-0.15, -0.1) is 0 Å². The lowest BCUT2D eigenvalue weighted by Gasteiger charge is -2.21. The fraction of sp³-hybridized carbons (Fsp3) is 0.552. The van der Waals surface area contributed by atoms with Gasteiger partial charge in [-0.05, 0) is 23.6 Å². The van der Waals surface area contributed by atoms with Crippen molar-refractivity contribution < 1.29 is 47.8 Å². The molecule has 1 aliphatic heterocycles. The van der Waals surface area contributed by atoms with Gasteiger partial charge in [0.25, 0.3) is 0 Å². The van der Waals surface area contributed by atoms with E-state index >= 15 is 0 Å². The summed E-state index contributed by atoms with van der Waals surface area (Å²) >= 11 is 0. The van der Waals surface area contributed by atoms with Crippen LogP contribution in [-0.4, -0.2) is 98.4 Å². The maximum Gasteiger partial charge on any atom is 0.302 e. The summed E-state index contributed by atoms with van der Waals surface area (Å²) in [6.07, 6.45) is 0.474. The predicted octanol–water partition coefficient (Wildman–Crippen LogP) is -0.366. The molecule has 0 radical (unpaired) electrons. The van der Waals surface area contributed by atoms with Crippen LogP contribution in [0, 0.1) is 5.92 Å². The number of esters is 1. The molecule has 1 aliphatic rings. The lowest BCUT2D eigenvalue weighted by atomic mass is 10.0. The van der Waals surface area contributed by atoms with E-state index < -0.39 is 35.6 Å². The van der Waals surface area contributed by atoms with Gasteiger partial charge in [-0.3, -0.25) is 38.5 Å². The molecule has 2 rings (SSSR count). The van der Waals surface area contributed by atoms with Gasteiger partial charge in [0.2, 0.25) is 35.4 Å². The maximum atomic E-state index is 12.7. The third kappa shape index (κ3) is 13.7. The number of anilines is 1. The zero-order valence-electron chi connectivity index (χ0n) is 25.3. The highest BCUT2D eigenvalue weighted by Crippen LogP contribution is 2.11. The van der Waals surface area contributed by atoms with E-state index in [1.165, 1.54) is 11.8 Å².